The van der Waals surface area contributed by atoms with E-state index in [1.54, 1.807) is 0 Å². The van der Waals surface area contributed by atoms with E-state index in [0.29, 0.717) is 13.1 Å². The molecule has 2 aliphatic rings. The summed E-state index contributed by atoms with van der Waals surface area (Å²) < 4.78 is 20.6. The predicted molar refractivity (Wildman–Crippen MR) is 90.4 cm³/mol. The van der Waals surface area contributed by atoms with E-state index >= 15 is 0 Å². The average molecular weight is 419 g/mol. The van der Waals surface area contributed by atoms with Crippen molar-refractivity contribution in [3.63, 3.8) is 0 Å². The quantitative estimate of drug-likeness (QED) is 0.185. The molecular formula is C16H25N3O10. The molecule has 2 heterocycles. The first-order valence-electron chi connectivity index (χ1n) is 9.09. The highest BCUT2D eigenvalue weighted by atomic mass is 16.8. The summed E-state index contributed by atoms with van der Waals surface area (Å²) in [6.45, 7) is 4.00. The highest BCUT2D eigenvalue weighted by Gasteiger charge is 2.51. The van der Waals surface area contributed by atoms with E-state index in [-0.39, 0.29) is 11.6 Å². The van der Waals surface area contributed by atoms with Crippen molar-refractivity contribution in [2.24, 2.45) is 5.28 Å². The maximum Gasteiger partial charge on any atom is 0.303 e. The SMILES string of the molecule is CC(=O)OC[C@H]1O[C@H](O/N=[N+](\[O-])N2CCCC2)[C@@H](O)[C@@H](OC(C)=O)[C@@H]1OC(C)=O. The second kappa shape index (κ2) is 10.2. The van der Waals surface area contributed by atoms with Crippen LogP contribution in [0.5, 0.6) is 0 Å². The van der Waals surface area contributed by atoms with Crippen LogP contribution in [-0.4, -0.2) is 83.4 Å². The molecule has 0 spiro atoms. The fraction of sp³-hybridized carbons (Fsp3) is 0.812. The largest absolute Gasteiger partial charge is 0.569 e. The smallest absolute Gasteiger partial charge is 0.303 e. The van der Waals surface area contributed by atoms with Gasteiger partial charge in [0.05, 0.1) is 18.1 Å². The van der Waals surface area contributed by atoms with E-state index in [1.165, 1.54) is 5.01 Å². The molecule has 164 valence electrons. The molecule has 0 saturated carbocycles. The number of esters is 3. The van der Waals surface area contributed by atoms with E-state index in [2.05, 4.69) is 5.28 Å². The number of carbonyl (C=O) groups excluding carboxylic acids is 3. The van der Waals surface area contributed by atoms with Crippen LogP contribution in [-0.2, 0) is 38.2 Å². The number of nitrogens with zero attached hydrogens (tertiary/aromatic N) is 3. The second-order valence-electron chi connectivity index (χ2n) is 6.58. The summed E-state index contributed by atoms with van der Waals surface area (Å²) in [5.74, 6) is -2.13. The van der Waals surface area contributed by atoms with E-state index in [0.717, 1.165) is 33.6 Å². The summed E-state index contributed by atoms with van der Waals surface area (Å²) in [6, 6.07) is 0. The lowest BCUT2D eigenvalue weighted by Gasteiger charge is -2.41. The maximum absolute atomic E-state index is 11.9. The Morgan fingerprint density at radius 3 is 2.24 bits per heavy atom. The molecule has 0 aromatic rings. The van der Waals surface area contributed by atoms with Gasteiger partial charge in [0.2, 0.25) is 5.28 Å². The van der Waals surface area contributed by atoms with Gasteiger partial charge < -0.3 is 34.1 Å². The van der Waals surface area contributed by atoms with E-state index < -0.39 is 48.6 Å². The number of hydrogen-bond donors (Lipinski definition) is 1. The number of hydrazine groups is 1. The minimum absolute atomic E-state index is 0.239. The molecule has 0 amide bonds. The number of aliphatic hydroxyl groups excluding tert-OH is 1. The van der Waals surface area contributed by atoms with Crippen molar-refractivity contribution in [3.8, 4) is 0 Å². The minimum atomic E-state index is -1.65. The monoisotopic (exact) mass is 419 g/mol. The molecule has 0 unspecified atom stereocenters. The number of ether oxygens (including phenoxy) is 4. The van der Waals surface area contributed by atoms with Crippen LogP contribution in [0.1, 0.15) is 33.6 Å². The van der Waals surface area contributed by atoms with Crippen molar-refractivity contribution < 1.29 is 48.2 Å². The Bertz CT molecular complexity index is 636. The zero-order valence-electron chi connectivity index (χ0n) is 16.4. The number of carbonyl (C=O) groups is 3. The molecule has 0 bridgehead atoms. The van der Waals surface area contributed by atoms with Crippen LogP contribution in [0, 0.1) is 5.21 Å². The van der Waals surface area contributed by atoms with Crippen molar-refractivity contribution in [2.45, 2.75) is 64.3 Å². The van der Waals surface area contributed by atoms with Crippen molar-refractivity contribution >= 4 is 17.9 Å². The highest BCUT2D eigenvalue weighted by molar-refractivity contribution is 5.67. The number of rotatable bonds is 7. The van der Waals surface area contributed by atoms with Crippen LogP contribution in [0.4, 0.5) is 0 Å². The van der Waals surface area contributed by atoms with Crippen LogP contribution in [0.25, 0.3) is 0 Å². The molecule has 2 saturated heterocycles. The van der Waals surface area contributed by atoms with E-state index in [9.17, 15) is 24.7 Å². The zero-order chi connectivity index (χ0) is 21.6. The fourth-order valence-electron chi connectivity index (χ4n) is 2.98. The van der Waals surface area contributed by atoms with Crippen molar-refractivity contribution in [3.05, 3.63) is 5.21 Å². The van der Waals surface area contributed by atoms with Gasteiger partial charge in [-0.2, -0.15) is 0 Å². The third-order valence-electron chi connectivity index (χ3n) is 4.21. The lowest BCUT2D eigenvalue weighted by Crippen LogP contribution is -2.61. The van der Waals surface area contributed by atoms with Gasteiger partial charge in [-0.3, -0.25) is 14.4 Å². The van der Waals surface area contributed by atoms with Gasteiger partial charge in [-0.05, 0) is 12.8 Å². The Balaban J connectivity index is 2.20. The van der Waals surface area contributed by atoms with Gasteiger partial charge in [0.25, 0.3) is 6.29 Å². The van der Waals surface area contributed by atoms with Crippen LogP contribution in [0.2, 0.25) is 0 Å². The van der Waals surface area contributed by atoms with Crippen molar-refractivity contribution in [2.75, 3.05) is 19.7 Å². The van der Waals surface area contributed by atoms with Crippen LogP contribution in [0.15, 0.2) is 5.28 Å². The van der Waals surface area contributed by atoms with Crippen LogP contribution < -0.4 is 0 Å². The molecule has 0 aromatic heterocycles. The van der Waals surface area contributed by atoms with E-state index in [4.69, 9.17) is 23.8 Å². The van der Waals surface area contributed by atoms with Crippen LogP contribution >= 0.6 is 0 Å². The summed E-state index contributed by atoms with van der Waals surface area (Å²) in [7, 11) is 0. The summed E-state index contributed by atoms with van der Waals surface area (Å²) in [5, 5.41) is 27.2. The molecule has 1 N–H and O–H groups in total. The Hall–Kier alpha value is -2.67. The Labute approximate surface area is 166 Å². The van der Waals surface area contributed by atoms with Crippen molar-refractivity contribution in [1.82, 2.24) is 5.01 Å². The van der Waals surface area contributed by atoms with E-state index in [1.807, 2.05) is 0 Å². The molecule has 5 atom stereocenters. The summed E-state index contributed by atoms with van der Waals surface area (Å²) in [5.41, 5.74) is 0. The Morgan fingerprint density at radius 1 is 1.10 bits per heavy atom. The lowest BCUT2D eigenvalue weighted by atomic mass is 9.98. The minimum Gasteiger partial charge on any atom is -0.569 e. The molecule has 13 heteroatoms. The molecule has 0 radical (unpaired) electrons. The van der Waals surface area contributed by atoms with Gasteiger partial charge >= 0.3 is 17.9 Å². The fourth-order valence-corrected chi connectivity index (χ4v) is 2.98. The summed E-state index contributed by atoms with van der Waals surface area (Å²) in [6.07, 6.45) is -5.37. The van der Waals surface area contributed by atoms with Crippen LogP contribution in [0.3, 0.4) is 0 Å². The van der Waals surface area contributed by atoms with Crippen molar-refractivity contribution in [1.29, 1.82) is 0 Å². The van der Waals surface area contributed by atoms with Gasteiger partial charge in [0.1, 0.15) is 12.7 Å². The third-order valence-corrected chi connectivity index (χ3v) is 4.21. The first-order chi connectivity index (χ1) is 13.7. The molecule has 2 rings (SSSR count). The first kappa shape index (κ1) is 22.6. The molecule has 2 aliphatic heterocycles. The predicted octanol–water partition coefficient (Wildman–Crippen LogP) is -0.596. The molecule has 0 aliphatic carbocycles. The van der Waals surface area contributed by atoms with Gasteiger partial charge in [-0.1, -0.05) is 0 Å². The number of hydrogen-bond acceptors (Lipinski definition) is 11. The molecule has 13 nitrogen and oxygen atoms in total. The molecule has 2 fully saturated rings. The Kier molecular flexibility index (Phi) is 7.96. The van der Waals surface area contributed by atoms with Gasteiger partial charge in [-0.15, -0.1) is 5.01 Å². The number of aliphatic hydroxyl groups is 1. The third kappa shape index (κ3) is 6.42. The normalized spacial score (nSPS) is 29.9. The summed E-state index contributed by atoms with van der Waals surface area (Å²) >= 11 is 0. The average Bonchev–Trinajstić information content (AvgIpc) is 3.17. The highest BCUT2D eigenvalue weighted by Crippen LogP contribution is 2.28. The standard InChI is InChI=1S/C16H25N3O10/c1-9(20)25-8-12-14(26-10(2)21)15(27-11(3)22)13(23)16(28-12)29-17-19(24)18-6-4-5-7-18/h12-16,23H,4-8H2,1-3H3/b19-17-/t12-,13+,14-,15-,16-/m1/s1. The topological polar surface area (TPSA) is 159 Å². The zero-order valence-corrected chi connectivity index (χ0v) is 16.4. The molecule has 29 heavy (non-hydrogen) atoms. The lowest BCUT2D eigenvalue weighted by molar-refractivity contribution is -0.710. The maximum atomic E-state index is 11.9. The molecular weight excluding hydrogens is 394 g/mol. The summed E-state index contributed by atoms with van der Waals surface area (Å²) in [4.78, 5) is 39.4. The molecule has 0 aromatic carbocycles. The van der Waals surface area contributed by atoms with Gasteiger partial charge in [0, 0.05) is 20.8 Å². The van der Waals surface area contributed by atoms with Gasteiger partial charge in [-0.25, -0.2) is 0 Å². The Morgan fingerprint density at radius 2 is 1.69 bits per heavy atom. The first-order valence-corrected chi connectivity index (χ1v) is 9.09. The van der Waals surface area contributed by atoms with Gasteiger partial charge in [0.15, 0.2) is 18.3 Å². The second-order valence-corrected chi connectivity index (χ2v) is 6.58.